The maximum Gasteiger partial charge on any atom is 0.240 e. The van der Waals surface area contributed by atoms with Gasteiger partial charge in [-0.25, -0.2) is 4.39 Å². The minimum absolute atomic E-state index is 0.0329. The lowest BCUT2D eigenvalue weighted by Crippen LogP contribution is -2.50. The maximum atomic E-state index is 14.4. The van der Waals surface area contributed by atoms with Gasteiger partial charge in [-0.3, -0.25) is 4.79 Å². The van der Waals surface area contributed by atoms with Gasteiger partial charge in [-0.1, -0.05) is 6.07 Å². The summed E-state index contributed by atoms with van der Waals surface area (Å²) in [6.45, 7) is 4.42. The second-order valence-corrected chi connectivity index (χ2v) is 7.05. The summed E-state index contributed by atoms with van der Waals surface area (Å²) in [4.78, 5) is 14.2. The highest BCUT2D eigenvalue weighted by atomic mass is 19.1. The van der Waals surface area contributed by atoms with Gasteiger partial charge in [0.1, 0.15) is 5.82 Å². The minimum atomic E-state index is -0.507. The average Bonchev–Trinajstić information content (AvgIpc) is 3.02. The first-order valence-electron chi connectivity index (χ1n) is 8.73. The number of nitrogens with one attached hydrogen (secondary N) is 2. The van der Waals surface area contributed by atoms with E-state index in [4.69, 9.17) is 0 Å². The van der Waals surface area contributed by atoms with E-state index in [1.807, 2.05) is 17.9 Å². The molecule has 24 heavy (non-hydrogen) atoms. The van der Waals surface area contributed by atoms with E-state index in [1.165, 1.54) is 6.07 Å². The maximum absolute atomic E-state index is 14.4. The first-order valence-corrected chi connectivity index (χ1v) is 8.73. The van der Waals surface area contributed by atoms with E-state index in [0.29, 0.717) is 38.2 Å². The smallest absolute Gasteiger partial charge is 0.240 e. The molecule has 2 aliphatic heterocycles. The van der Waals surface area contributed by atoms with E-state index in [2.05, 4.69) is 10.6 Å². The Hall–Kier alpha value is -1.66. The number of anilines is 1. The Kier molecular flexibility index (Phi) is 5.06. The van der Waals surface area contributed by atoms with Crippen LogP contribution in [0.2, 0.25) is 0 Å². The molecule has 0 aliphatic carbocycles. The lowest BCUT2D eigenvalue weighted by atomic mass is 9.99. The normalized spacial score (nSPS) is 25.0. The van der Waals surface area contributed by atoms with Crippen LogP contribution in [-0.4, -0.2) is 42.3 Å². The summed E-state index contributed by atoms with van der Waals surface area (Å²) in [7, 11) is 0. The van der Waals surface area contributed by atoms with Crippen LogP contribution < -0.4 is 15.5 Å². The summed E-state index contributed by atoms with van der Waals surface area (Å²) in [6, 6.07) is 5.11. The molecule has 1 unspecified atom stereocenters. The van der Waals surface area contributed by atoms with Crippen molar-refractivity contribution < 1.29 is 14.3 Å². The number of halogens is 1. The van der Waals surface area contributed by atoms with E-state index in [9.17, 15) is 14.3 Å². The molecule has 1 aromatic carbocycles. The standard InChI is InChI=1S/C18H26FN3O2/c1-18(7-2-8-21-18)17(24)20-12-13-3-4-16(15(19)11-13)22-9-5-14(23)6-10-22/h3-4,11,14,21,23H,2,5-10,12H2,1H3,(H,20,24). The Labute approximate surface area is 142 Å². The molecular weight excluding hydrogens is 309 g/mol. The molecule has 0 spiro atoms. The van der Waals surface area contributed by atoms with Crippen LogP contribution in [0.5, 0.6) is 0 Å². The first-order chi connectivity index (χ1) is 11.5. The van der Waals surface area contributed by atoms with E-state index < -0.39 is 5.54 Å². The zero-order valence-electron chi connectivity index (χ0n) is 14.1. The zero-order chi connectivity index (χ0) is 17.2. The van der Waals surface area contributed by atoms with Crippen LogP contribution in [0.4, 0.5) is 10.1 Å². The molecule has 0 saturated carbocycles. The van der Waals surface area contributed by atoms with Crippen molar-refractivity contribution in [1.29, 1.82) is 0 Å². The Morgan fingerprint density at radius 2 is 2.21 bits per heavy atom. The van der Waals surface area contributed by atoms with Crippen LogP contribution >= 0.6 is 0 Å². The van der Waals surface area contributed by atoms with Crippen molar-refractivity contribution in [1.82, 2.24) is 10.6 Å². The van der Waals surface area contributed by atoms with Crippen LogP contribution in [0.15, 0.2) is 18.2 Å². The molecule has 2 fully saturated rings. The number of aliphatic hydroxyl groups is 1. The van der Waals surface area contributed by atoms with Gasteiger partial charge in [0.2, 0.25) is 5.91 Å². The Bertz CT molecular complexity index is 594. The largest absolute Gasteiger partial charge is 0.393 e. The molecule has 1 amide bonds. The average molecular weight is 335 g/mol. The number of amides is 1. The third-order valence-corrected chi connectivity index (χ3v) is 5.14. The number of aliphatic hydroxyl groups excluding tert-OH is 1. The minimum Gasteiger partial charge on any atom is -0.393 e. The molecule has 5 nitrogen and oxygen atoms in total. The predicted octanol–water partition coefficient (Wildman–Crippen LogP) is 1.55. The third kappa shape index (κ3) is 3.70. The predicted molar refractivity (Wildman–Crippen MR) is 91.3 cm³/mol. The molecule has 2 saturated heterocycles. The molecule has 1 atom stereocenters. The number of piperidine rings is 1. The van der Waals surface area contributed by atoms with E-state index >= 15 is 0 Å². The molecule has 3 rings (SSSR count). The summed E-state index contributed by atoms with van der Waals surface area (Å²) >= 11 is 0. The fourth-order valence-corrected chi connectivity index (χ4v) is 3.49. The van der Waals surface area contributed by atoms with Crippen molar-refractivity contribution in [3.05, 3.63) is 29.6 Å². The van der Waals surface area contributed by atoms with Gasteiger partial charge in [0, 0.05) is 19.6 Å². The van der Waals surface area contributed by atoms with Crippen LogP contribution in [0, 0.1) is 5.82 Å². The SMILES string of the molecule is CC1(C(=O)NCc2ccc(N3CCC(O)CC3)c(F)c2)CCCN1. The number of carbonyl (C=O) groups is 1. The van der Waals surface area contributed by atoms with Crippen molar-refractivity contribution in [2.75, 3.05) is 24.5 Å². The zero-order valence-corrected chi connectivity index (χ0v) is 14.1. The van der Waals surface area contributed by atoms with Crippen LogP contribution in [0.1, 0.15) is 38.2 Å². The Balaban J connectivity index is 1.59. The fourth-order valence-electron chi connectivity index (χ4n) is 3.49. The molecular formula is C18H26FN3O2. The van der Waals surface area contributed by atoms with Gasteiger partial charge < -0.3 is 20.6 Å². The van der Waals surface area contributed by atoms with Crippen LogP contribution in [-0.2, 0) is 11.3 Å². The van der Waals surface area contributed by atoms with Crippen LogP contribution in [0.25, 0.3) is 0 Å². The monoisotopic (exact) mass is 335 g/mol. The molecule has 3 N–H and O–H groups in total. The fraction of sp³-hybridized carbons (Fsp3) is 0.611. The summed E-state index contributed by atoms with van der Waals surface area (Å²) < 4.78 is 14.4. The van der Waals surface area contributed by atoms with E-state index in [-0.39, 0.29) is 17.8 Å². The first kappa shape index (κ1) is 17.2. The van der Waals surface area contributed by atoms with Crippen molar-refractivity contribution in [2.24, 2.45) is 0 Å². The van der Waals surface area contributed by atoms with Gasteiger partial charge in [0.15, 0.2) is 0 Å². The topological polar surface area (TPSA) is 64.6 Å². The quantitative estimate of drug-likeness (QED) is 0.781. The van der Waals surface area contributed by atoms with Crippen molar-refractivity contribution in [3.63, 3.8) is 0 Å². The molecule has 132 valence electrons. The molecule has 2 heterocycles. The molecule has 0 radical (unpaired) electrons. The second-order valence-electron chi connectivity index (χ2n) is 7.05. The van der Waals surface area contributed by atoms with Crippen LogP contribution in [0.3, 0.4) is 0 Å². The van der Waals surface area contributed by atoms with Crippen molar-refractivity contribution >= 4 is 11.6 Å². The number of hydrogen-bond acceptors (Lipinski definition) is 4. The number of nitrogens with zero attached hydrogens (tertiary/aromatic N) is 1. The molecule has 0 aromatic heterocycles. The van der Waals surface area contributed by atoms with Gasteiger partial charge in [-0.15, -0.1) is 0 Å². The number of benzene rings is 1. The van der Waals surface area contributed by atoms with Crippen molar-refractivity contribution in [2.45, 2.75) is 50.8 Å². The third-order valence-electron chi connectivity index (χ3n) is 5.14. The van der Waals surface area contributed by atoms with E-state index in [1.54, 1.807) is 6.07 Å². The number of carbonyl (C=O) groups excluding carboxylic acids is 1. The molecule has 6 heteroatoms. The lowest BCUT2D eigenvalue weighted by molar-refractivity contribution is -0.126. The van der Waals surface area contributed by atoms with Gasteiger partial charge in [0.25, 0.3) is 0 Å². The highest BCUT2D eigenvalue weighted by Gasteiger charge is 2.35. The molecule has 0 bridgehead atoms. The van der Waals surface area contributed by atoms with E-state index in [0.717, 1.165) is 24.9 Å². The number of rotatable bonds is 4. The van der Waals surface area contributed by atoms with Gasteiger partial charge in [0.05, 0.1) is 17.3 Å². The lowest BCUT2D eigenvalue weighted by Gasteiger charge is -2.31. The molecule has 1 aromatic rings. The summed E-state index contributed by atoms with van der Waals surface area (Å²) in [5, 5.41) is 15.7. The summed E-state index contributed by atoms with van der Waals surface area (Å²) in [5.74, 6) is -0.308. The van der Waals surface area contributed by atoms with Crippen molar-refractivity contribution in [3.8, 4) is 0 Å². The Morgan fingerprint density at radius 3 is 2.83 bits per heavy atom. The summed E-state index contributed by atoms with van der Waals surface area (Å²) in [6.07, 6.45) is 2.89. The van der Waals surface area contributed by atoms with Gasteiger partial charge in [-0.2, -0.15) is 0 Å². The summed E-state index contributed by atoms with van der Waals surface area (Å²) in [5.41, 5.74) is 0.817. The second kappa shape index (κ2) is 7.07. The highest BCUT2D eigenvalue weighted by Crippen LogP contribution is 2.24. The Morgan fingerprint density at radius 1 is 1.46 bits per heavy atom. The van der Waals surface area contributed by atoms with Gasteiger partial charge in [-0.05, 0) is 56.8 Å². The highest BCUT2D eigenvalue weighted by molar-refractivity contribution is 5.86. The number of hydrogen-bond donors (Lipinski definition) is 3. The molecule has 2 aliphatic rings. The van der Waals surface area contributed by atoms with Gasteiger partial charge >= 0.3 is 0 Å².